The molecule has 0 aliphatic carbocycles. The molecule has 0 aromatic carbocycles. The van der Waals surface area contributed by atoms with E-state index in [1.807, 2.05) is 24.4 Å². The van der Waals surface area contributed by atoms with Crippen molar-refractivity contribution in [2.45, 2.75) is 32.1 Å². The zero-order valence-electron chi connectivity index (χ0n) is 11.6. The fourth-order valence-corrected chi connectivity index (χ4v) is 3.28. The van der Waals surface area contributed by atoms with Crippen LogP contribution in [0.3, 0.4) is 0 Å². The van der Waals surface area contributed by atoms with E-state index in [4.69, 9.17) is 4.74 Å². The van der Waals surface area contributed by atoms with Crippen molar-refractivity contribution in [1.82, 2.24) is 9.88 Å². The predicted octanol–water partition coefficient (Wildman–Crippen LogP) is 3.32. The number of pyridine rings is 1. The summed E-state index contributed by atoms with van der Waals surface area (Å²) in [7, 11) is 0. The quantitative estimate of drug-likeness (QED) is 0.844. The van der Waals surface area contributed by atoms with E-state index >= 15 is 0 Å². The highest BCUT2D eigenvalue weighted by Crippen LogP contribution is 2.18. The third-order valence-electron chi connectivity index (χ3n) is 3.64. The van der Waals surface area contributed by atoms with Gasteiger partial charge in [0.1, 0.15) is 0 Å². The van der Waals surface area contributed by atoms with Crippen LogP contribution in [0.25, 0.3) is 0 Å². The summed E-state index contributed by atoms with van der Waals surface area (Å²) in [6, 6.07) is 8.18. The van der Waals surface area contributed by atoms with Gasteiger partial charge >= 0.3 is 0 Å². The molecule has 1 aliphatic heterocycles. The average molecular weight is 288 g/mol. The number of rotatable bonds is 5. The topological polar surface area (TPSA) is 25.4 Å². The molecule has 20 heavy (non-hydrogen) atoms. The van der Waals surface area contributed by atoms with Crippen LogP contribution in [0.15, 0.2) is 41.2 Å². The molecule has 1 unspecified atom stereocenters. The molecule has 2 aromatic rings. The molecule has 1 aliphatic rings. The van der Waals surface area contributed by atoms with Crippen LogP contribution < -0.4 is 0 Å². The second-order valence-electron chi connectivity index (χ2n) is 5.26. The maximum absolute atomic E-state index is 6.02. The van der Waals surface area contributed by atoms with Crippen LogP contribution in [0.1, 0.15) is 24.1 Å². The Morgan fingerprint density at radius 2 is 2.35 bits per heavy atom. The summed E-state index contributed by atoms with van der Waals surface area (Å²) in [4.78, 5) is 6.80. The molecule has 0 saturated carbocycles. The largest absolute Gasteiger partial charge is 0.371 e. The van der Waals surface area contributed by atoms with E-state index in [1.165, 1.54) is 18.5 Å². The fourth-order valence-electron chi connectivity index (χ4n) is 2.62. The third-order valence-corrected chi connectivity index (χ3v) is 4.37. The molecule has 1 fully saturated rings. The summed E-state index contributed by atoms with van der Waals surface area (Å²) in [5, 5.41) is 4.38. The molecule has 1 atom stereocenters. The lowest BCUT2D eigenvalue weighted by molar-refractivity contribution is -0.0132. The highest BCUT2D eigenvalue weighted by atomic mass is 32.1. The van der Waals surface area contributed by atoms with E-state index in [-0.39, 0.29) is 0 Å². The SMILES string of the molecule is c1ccc(COC2CCCN(Cc3ccsc3)C2)nc1. The Labute approximate surface area is 124 Å². The smallest absolute Gasteiger partial charge is 0.0892 e. The lowest BCUT2D eigenvalue weighted by atomic mass is 10.1. The van der Waals surface area contributed by atoms with Gasteiger partial charge in [0.05, 0.1) is 18.4 Å². The van der Waals surface area contributed by atoms with E-state index < -0.39 is 0 Å². The normalized spacial score (nSPS) is 20.1. The molecule has 106 valence electrons. The van der Waals surface area contributed by atoms with Gasteiger partial charge in [-0.15, -0.1) is 0 Å². The molecule has 4 heteroatoms. The lowest BCUT2D eigenvalue weighted by Crippen LogP contribution is -2.39. The number of aromatic nitrogens is 1. The molecule has 0 N–H and O–H groups in total. The molecule has 3 rings (SSSR count). The van der Waals surface area contributed by atoms with Gasteiger partial charge in [0.15, 0.2) is 0 Å². The summed E-state index contributed by atoms with van der Waals surface area (Å²) < 4.78 is 6.02. The number of nitrogens with zero attached hydrogens (tertiary/aromatic N) is 2. The van der Waals surface area contributed by atoms with Crippen molar-refractivity contribution in [2.75, 3.05) is 13.1 Å². The average Bonchev–Trinajstić information content (AvgIpc) is 3.00. The summed E-state index contributed by atoms with van der Waals surface area (Å²) >= 11 is 1.77. The number of ether oxygens (including phenoxy) is 1. The van der Waals surface area contributed by atoms with Crippen LogP contribution in [0.5, 0.6) is 0 Å². The van der Waals surface area contributed by atoms with Gasteiger partial charge in [-0.3, -0.25) is 9.88 Å². The Bertz CT molecular complexity index is 500. The van der Waals surface area contributed by atoms with E-state index in [0.29, 0.717) is 12.7 Å². The zero-order valence-corrected chi connectivity index (χ0v) is 12.4. The predicted molar refractivity (Wildman–Crippen MR) is 81.6 cm³/mol. The molecule has 2 aromatic heterocycles. The van der Waals surface area contributed by atoms with Gasteiger partial charge < -0.3 is 4.74 Å². The molecule has 0 bridgehead atoms. The van der Waals surface area contributed by atoms with Crippen LogP contribution in [0, 0.1) is 0 Å². The maximum Gasteiger partial charge on any atom is 0.0892 e. The molecule has 3 heterocycles. The maximum atomic E-state index is 6.02. The summed E-state index contributed by atoms with van der Waals surface area (Å²) in [6.45, 7) is 3.88. The van der Waals surface area contributed by atoms with Crippen molar-refractivity contribution in [2.24, 2.45) is 0 Å². The van der Waals surface area contributed by atoms with Crippen LogP contribution in [0.2, 0.25) is 0 Å². The lowest BCUT2D eigenvalue weighted by Gasteiger charge is -2.32. The minimum atomic E-state index is 0.337. The highest BCUT2D eigenvalue weighted by Gasteiger charge is 2.20. The van der Waals surface area contributed by atoms with E-state index in [1.54, 1.807) is 11.3 Å². The Morgan fingerprint density at radius 3 is 3.15 bits per heavy atom. The molecular formula is C16H20N2OS. The molecule has 3 nitrogen and oxygen atoms in total. The van der Waals surface area contributed by atoms with Crippen LogP contribution in [-0.4, -0.2) is 29.1 Å². The first kappa shape index (κ1) is 13.7. The van der Waals surface area contributed by atoms with E-state index in [0.717, 1.165) is 25.2 Å². The van der Waals surface area contributed by atoms with Crippen molar-refractivity contribution in [3.8, 4) is 0 Å². The van der Waals surface area contributed by atoms with Gasteiger partial charge in [-0.1, -0.05) is 6.07 Å². The summed E-state index contributed by atoms with van der Waals surface area (Å²) in [6.07, 6.45) is 4.54. The standard InChI is InChI=1S/C16H20N2OS/c1-2-7-17-15(4-1)12-19-16-5-3-8-18(11-16)10-14-6-9-20-13-14/h1-2,4,6-7,9,13,16H,3,5,8,10-12H2. The first-order valence-electron chi connectivity index (χ1n) is 7.15. The molecule has 0 radical (unpaired) electrons. The Balaban J connectivity index is 1.48. The summed E-state index contributed by atoms with van der Waals surface area (Å²) in [5.74, 6) is 0. The van der Waals surface area contributed by atoms with Crippen molar-refractivity contribution in [1.29, 1.82) is 0 Å². The second-order valence-corrected chi connectivity index (χ2v) is 6.04. The molecule has 0 amide bonds. The minimum Gasteiger partial charge on any atom is -0.371 e. The van der Waals surface area contributed by atoms with Crippen LogP contribution >= 0.6 is 11.3 Å². The van der Waals surface area contributed by atoms with E-state index in [9.17, 15) is 0 Å². The van der Waals surface area contributed by atoms with Gasteiger partial charge in [0, 0.05) is 19.3 Å². The monoisotopic (exact) mass is 288 g/mol. The number of piperidine rings is 1. The third kappa shape index (κ3) is 3.88. The Kier molecular flexibility index (Phi) is 4.79. The van der Waals surface area contributed by atoms with Gasteiger partial charge in [-0.25, -0.2) is 0 Å². The first-order chi connectivity index (χ1) is 9.90. The Hall–Kier alpha value is -1.23. The van der Waals surface area contributed by atoms with E-state index in [2.05, 4.69) is 26.7 Å². The van der Waals surface area contributed by atoms with Gasteiger partial charge in [-0.2, -0.15) is 11.3 Å². The number of hydrogen-bond donors (Lipinski definition) is 0. The number of likely N-dealkylation sites (tertiary alicyclic amines) is 1. The Morgan fingerprint density at radius 1 is 1.35 bits per heavy atom. The zero-order chi connectivity index (χ0) is 13.6. The van der Waals surface area contributed by atoms with Crippen molar-refractivity contribution < 1.29 is 4.74 Å². The molecule has 1 saturated heterocycles. The van der Waals surface area contributed by atoms with Crippen molar-refractivity contribution in [3.05, 3.63) is 52.5 Å². The van der Waals surface area contributed by atoms with Gasteiger partial charge in [0.2, 0.25) is 0 Å². The number of thiophene rings is 1. The minimum absolute atomic E-state index is 0.337. The number of hydrogen-bond acceptors (Lipinski definition) is 4. The second kappa shape index (κ2) is 6.97. The highest BCUT2D eigenvalue weighted by molar-refractivity contribution is 7.07. The van der Waals surface area contributed by atoms with Gasteiger partial charge in [0.25, 0.3) is 0 Å². The van der Waals surface area contributed by atoms with Crippen LogP contribution in [-0.2, 0) is 17.9 Å². The fraction of sp³-hybridized carbons (Fsp3) is 0.438. The van der Waals surface area contributed by atoms with Crippen molar-refractivity contribution >= 4 is 11.3 Å². The molecular weight excluding hydrogens is 268 g/mol. The van der Waals surface area contributed by atoms with Gasteiger partial charge in [-0.05, 0) is 53.9 Å². The molecule has 0 spiro atoms. The van der Waals surface area contributed by atoms with Crippen molar-refractivity contribution in [3.63, 3.8) is 0 Å². The first-order valence-corrected chi connectivity index (χ1v) is 8.09. The van der Waals surface area contributed by atoms with Crippen LogP contribution in [0.4, 0.5) is 0 Å². The summed E-state index contributed by atoms with van der Waals surface area (Å²) in [5.41, 5.74) is 2.43.